The van der Waals surface area contributed by atoms with Crippen molar-refractivity contribution in [2.24, 2.45) is 0 Å². The van der Waals surface area contributed by atoms with E-state index in [1.807, 2.05) is 48.5 Å². The first-order valence-electron chi connectivity index (χ1n) is 11.3. The number of hydrogen-bond acceptors (Lipinski definition) is 4. The zero-order valence-corrected chi connectivity index (χ0v) is 20.4. The highest BCUT2D eigenvalue weighted by Crippen LogP contribution is 2.29. The van der Waals surface area contributed by atoms with Crippen molar-refractivity contribution < 1.29 is 17.9 Å². The van der Waals surface area contributed by atoms with Crippen molar-refractivity contribution in [1.29, 1.82) is 0 Å². The summed E-state index contributed by atoms with van der Waals surface area (Å²) in [4.78, 5) is 0.415. The summed E-state index contributed by atoms with van der Waals surface area (Å²) in [6.07, 6.45) is 0.964. The Morgan fingerprint density at radius 1 is 0.588 bits per heavy atom. The molecule has 0 spiro atoms. The highest BCUT2D eigenvalue weighted by molar-refractivity contribution is 7.91. The second-order valence-corrected chi connectivity index (χ2v) is 10.3. The molecule has 0 heterocycles. The van der Waals surface area contributed by atoms with Crippen LogP contribution in [-0.2, 0) is 16.3 Å². The Morgan fingerprint density at radius 3 is 1.29 bits per heavy atom. The fourth-order valence-corrected chi connectivity index (χ4v) is 4.76. The summed E-state index contributed by atoms with van der Waals surface area (Å²) in [5.41, 5.74) is 2.47. The van der Waals surface area contributed by atoms with E-state index in [0.29, 0.717) is 28.9 Å². The first kappa shape index (κ1) is 23.6. The van der Waals surface area contributed by atoms with Crippen LogP contribution in [0.3, 0.4) is 0 Å². The van der Waals surface area contributed by atoms with Gasteiger partial charge < -0.3 is 9.47 Å². The topological polar surface area (TPSA) is 52.6 Å². The first-order valence-corrected chi connectivity index (χ1v) is 12.8. The number of ether oxygens (including phenoxy) is 2. The van der Waals surface area contributed by atoms with E-state index in [4.69, 9.17) is 9.47 Å². The van der Waals surface area contributed by atoms with E-state index in [9.17, 15) is 8.42 Å². The van der Waals surface area contributed by atoms with Crippen molar-refractivity contribution >= 4 is 9.84 Å². The molecule has 0 atom stereocenters. The van der Waals surface area contributed by atoms with Gasteiger partial charge >= 0.3 is 0 Å². The van der Waals surface area contributed by atoms with Gasteiger partial charge in [0.1, 0.15) is 23.0 Å². The predicted molar refractivity (Wildman–Crippen MR) is 135 cm³/mol. The highest BCUT2D eigenvalue weighted by atomic mass is 32.2. The Balaban J connectivity index is 1.44. The Bertz CT molecular complexity index is 1320. The molecule has 0 aliphatic carbocycles. The minimum atomic E-state index is -3.65. The summed E-state index contributed by atoms with van der Waals surface area (Å²) in [7, 11) is -3.65. The lowest BCUT2D eigenvalue weighted by Gasteiger charge is -2.10. The van der Waals surface area contributed by atoms with Crippen LogP contribution in [-0.4, -0.2) is 8.42 Å². The van der Waals surface area contributed by atoms with E-state index >= 15 is 0 Å². The van der Waals surface area contributed by atoms with Crippen LogP contribution in [0.2, 0.25) is 0 Å². The van der Waals surface area contributed by atoms with Gasteiger partial charge in [0.05, 0.1) is 9.79 Å². The highest BCUT2D eigenvalue weighted by Gasteiger charge is 2.18. The molecule has 0 saturated heterocycles. The molecule has 4 nitrogen and oxygen atoms in total. The summed E-state index contributed by atoms with van der Waals surface area (Å²) in [5.74, 6) is 3.03. The minimum Gasteiger partial charge on any atom is -0.457 e. The minimum absolute atomic E-state index is 0.207. The van der Waals surface area contributed by atoms with Gasteiger partial charge in [0.15, 0.2) is 0 Å². The molecule has 4 aromatic carbocycles. The van der Waals surface area contributed by atoms with Crippen molar-refractivity contribution in [3.05, 3.63) is 108 Å². The molecular weight excluding hydrogens is 444 g/mol. The van der Waals surface area contributed by atoms with Gasteiger partial charge in [-0.1, -0.05) is 45.0 Å². The summed E-state index contributed by atoms with van der Waals surface area (Å²) < 4.78 is 37.8. The smallest absolute Gasteiger partial charge is 0.206 e. The second kappa shape index (κ2) is 10.1. The lowest BCUT2D eigenvalue weighted by Crippen LogP contribution is -2.01. The van der Waals surface area contributed by atoms with E-state index in [-0.39, 0.29) is 9.79 Å². The molecule has 0 aromatic heterocycles. The van der Waals surface area contributed by atoms with Gasteiger partial charge in [0.2, 0.25) is 9.84 Å². The third kappa shape index (κ3) is 5.49. The zero-order valence-electron chi connectivity index (χ0n) is 19.6. The Hall–Kier alpha value is -3.57. The van der Waals surface area contributed by atoms with E-state index in [0.717, 1.165) is 6.42 Å². The normalized spacial score (nSPS) is 11.4. The largest absolute Gasteiger partial charge is 0.457 e. The van der Waals surface area contributed by atoms with Crippen LogP contribution >= 0.6 is 0 Å². The number of benzene rings is 4. The van der Waals surface area contributed by atoms with Crippen molar-refractivity contribution in [2.75, 3.05) is 0 Å². The van der Waals surface area contributed by atoms with Crippen LogP contribution in [0.15, 0.2) is 107 Å². The lowest BCUT2D eigenvalue weighted by atomic mass is 10.0. The van der Waals surface area contributed by atoms with Gasteiger partial charge in [-0.05, 0) is 96.3 Å². The van der Waals surface area contributed by atoms with Crippen LogP contribution in [0.5, 0.6) is 23.0 Å². The van der Waals surface area contributed by atoms with Crippen LogP contribution in [0.1, 0.15) is 37.8 Å². The van der Waals surface area contributed by atoms with Gasteiger partial charge in [0, 0.05) is 0 Å². The van der Waals surface area contributed by atoms with E-state index < -0.39 is 9.84 Å². The third-order valence-electron chi connectivity index (χ3n) is 5.62. The monoisotopic (exact) mass is 472 g/mol. The molecule has 0 bridgehead atoms. The second-order valence-electron chi connectivity index (χ2n) is 8.37. The number of aryl methyl sites for hydroxylation is 1. The van der Waals surface area contributed by atoms with Crippen molar-refractivity contribution in [2.45, 2.75) is 42.9 Å². The van der Waals surface area contributed by atoms with E-state index in [2.05, 4.69) is 20.8 Å². The summed E-state index contributed by atoms with van der Waals surface area (Å²) in [6, 6.07) is 28.7. The third-order valence-corrected chi connectivity index (χ3v) is 7.40. The quantitative estimate of drug-likeness (QED) is 0.263. The molecule has 0 saturated carbocycles. The summed E-state index contributed by atoms with van der Waals surface area (Å²) in [6.45, 7) is 6.38. The standard InChI is InChI=1S/C29H28O4S/c1-4-22-5-9-24(10-6-22)32-26-13-17-28(18-14-26)34(30,31)29-19-15-27(16-20-29)33-25-11-7-23(8-12-25)21(2)3/h5-21H,4H2,1-3H3. The number of rotatable bonds is 8. The molecule has 0 amide bonds. The average Bonchev–Trinajstić information content (AvgIpc) is 2.85. The molecular formula is C29H28O4S. The molecule has 0 unspecified atom stereocenters. The SMILES string of the molecule is CCc1ccc(Oc2ccc(S(=O)(=O)c3ccc(Oc4ccc(C(C)C)cc4)cc3)cc2)cc1. The van der Waals surface area contributed by atoms with E-state index in [1.54, 1.807) is 48.5 Å². The Kier molecular flexibility index (Phi) is 7.03. The van der Waals surface area contributed by atoms with Gasteiger partial charge in [-0.25, -0.2) is 8.42 Å². The van der Waals surface area contributed by atoms with E-state index in [1.165, 1.54) is 11.1 Å². The zero-order chi connectivity index (χ0) is 24.1. The number of sulfone groups is 1. The van der Waals surface area contributed by atoms with Gasteiger partial charge in [-0.3, -0.25) is 0 Å². The average molecular weight is 473 g/mol. The molecule has 0 N–H and O–H groups in total. The molecule has 174 valence electrons. The fraction of sp³-hybridized carbons (Fsp3) is 0.172. The Labute approximate surface area is 201 Å². The predicted octanol–water partition coefficient (Wildman–Crippen LogP) is 7.79. The molecule has 4 aromatic rings. The molecule has 34 heavy (non-hydrogen) atoms. The first-order chi connectivity index (χ1) is 16.3. The van der Waals surface area contributed by atoms with Gasteiger partial charge in [-0.15, -0.1) is 0 Å². The van der Waals surface area contributed by atoms with Crippen molar-refractivity contribution in [3.8, 4) is 23.0 Å². The van der Waals surface area contributed by atoms with Gasteiger partial charge in [0.25, 0.3) is 0 Å². The molecule has 0 fully saturated rings. The van der Waals surface area contributed by atoms with Crippen molar-refractivity contribution in [1.82, 2.24) is 0 Å². The maximum absolute atomic E-state index is 13.1. The maximum Gasteiger partial charge on any atom is 0.206 e. The fourth-order valence-electron chi connectivity index (χ4n) is 3.50. The Morgan fingerprint density at radius 2 is 0.941 bits per heavy atom. The molecule has 0 radical (unpaired) electrons. The van der Waals surface area contributed by atoms with Crippen LogP contribution in [0.4, 0.5) is 0 Å². The number of hydrogen-bond donors (Lipinski definition) is 0. The van der Waals surface area contributed by atoms with Gasteiger partial charge in [-0.2, -0.15) is 0 Å². The molecule has 4 rings (SSSR count). The van der Waals surface area contributed by atoms with Crippen LogP contribution in [0.25, 0.3) is 0 Å². The summed E-state index contributed by atoms with van der Waals surface area (Å²) >= 11 is 0. The molecule has 5 heteroatoms. The molecule has 0 aliphatic heterocycles. The maximum atomic E-state index is 13.1. The summed E-state index contributed by atoms with van der Waals surface area (Å²) in [5, 5.41) is 0. The van der Waals surface area contributed by atoms with Crippen LogP contribution < -0.4 is 9.47 Å². The van der Waals surface area contributed by atoms with Crippen LogP contribution in [0, 0.1) is 0 Å². The molecule has 0 aliphatic rings. The van der Waals surface area contributed by atoms with Crippen molar-refractivity contribution in [3.63, 3.8) is 0 Å². The lowest BCUT2D eigenvalue weighted by molar-refractivity contribution is 0.482.